The summed E-state index contributed by atoms with van der Waals surface area (Å²) in [5.74, 6) is -0.190. The summed E-state index contributed by atoms with van der Waals surface area (Å²) >= 11 is 0. The topological polar surface area (TPSA) is 94.2 Å². The van der Waals surface area contributed by atoms with E-state index in [1.54, 1.807) is 28.8 Å². The summed E-state index contributed by atoms with van der Waals surface area (Å²) in [7, 11) is 0. The molecule has 0 saturated carbocycles. The first-order valence-electron chi connectivity index (χ1n) is 11.4. The zero-order chi connectivity index (χ0) is 24.0. The van der Waals surface area contributed by atoms with Crippen molar-refractivity contribution < 1.29 is 14.7 Å². The number of rotatable bonds is 10. The maximum absolute atomic E-state index is 13.0. The first-order valence-corrected chi connectivity index (χ1v) is 11.4. The quantitative estimate of drug-likeness (QED) is 0.476. The molecule has 1 heterocycles. The van der Waals surface area contributed by atoms with Crippen LogP contribution >= 0.6 is 0 Å². The summed E-state index contributed by atoms with van der Waals surface area (Å²) < 4.78 is 2.59. The van der Waals surface area contributed by atoms with Crippen LogP contribution in [0.15, 0.2) is 53.3 Å². The largest absolute Gasteiger partial charge is 0.478 e. The van der Waals surface area contributed by atoms with Crippen LogP contribution in [-0.4, -0.2) is 31.3 Å². The Morgan fingerprint density at radius 1 is 1.06 bits per heavy atom. The highest BCUT2D eigenvalue weighted by atomic mass is 16.4. The lowest BCUT2D eigenvalue weighted by Gasteiger charge is -2.09. The molecule has 0 aliphatic heterocycles. The number of aryl methyl sites for hydroxylation is 1. The van der Waals surface area contributed by atoms with Crippen molar-refractivity contribution in [2.24, 2.45) is 5.92 Å². The molecule has 1 N–H and O–H groups in total. The summed E-state index contributed by atoms with van der Waals surface area (Å²) in [5.41, 5.74) is 2.13. The first-order chi connectivity index (χ1) is 15.8. The lowest BCUT2D eigenvalue weighted by molar-refractivity contribution is 0.0697. The number of carboxylic acid groups (broad SMARTS) is 1. The Balaban J connectivity index is 1.90. The van der Waals surface area contributed by atoms with Crippen molar-refractivity contribution in [3.05, 3.63) is 76.0 Å². The van der Waals surface area contributed by atoms with Gasteiger partial charge in [-0.1, -0.05) is 69.7 Å². The molecule has 7 nitrogen and oxygen atoms in total. The molecule has 3 rings (SSSR count). The highest BCUT2D eigenvalue weighted by Crippen LogP contribution is 2.24. The van der Waals surface area contributed by atoms with Gasteiger partial charge in [-0.3, -0.25) is 9.36 Å². The third kappa shape index (κ3) is 5.86. The van der Waals surface area contributed by atoms with Gasteiger partial charge in [-0.2, -0.15) is 0 Å². The molecule has 0 unspecified atom stereocenters. The lowest BCUT2D eigenvalue weighted by atomic mass is 9.99. The van der Waals surface area contributed by atoms with Gasteiger partial charge >= 0.3 is 11.7 Å². The number of hydrogen-bond donors (Lipinski definition) is 1. The molecule has 3 aromatic rings. The van der Waals surface area contributed by atoms with E-state index in [1.807, 2.05) is 31.2 Å². The van der Waals surface area contributed by atoms with Gasteiger partial charge in [-0.15, -0.1) is 9.78 Å². The van der Waals surface area contributed by atoms with Crippen molar-refractivity contribution in [2.45, 2.75) is 59.4 Å². The van der Waals surface area contributed by atoms with E-state index in [9.17, 15) is 19.5 Å². The highest BCUT2D eigenvalue weighted by Gasteiger charge is 2.19. The minimum atomic E-state index is -0.976. The Morgan fingerprint density at radius 2 is 1.76 bits per heavy atom. The Kier molecular flexibility index (Phi) is 7.98. The van der Waals surface area contributed by atoms with E-state index in [0.29, 0.717) is 36.7 Å². The molecule has 0 radical (unpaired) electrons. The second kappa shape index (κ2) is 10.9. The third-order valence-corrected chi connectivity index (χ3v) is 5.63. The van der Waals surface area contributed by atoms with Crippen molar-refractivity contribution in [3.8, 4) is 11.1 Å². The van der Waals surface area contributed by atoms with Crippen molar-refractivity contribution in [3.63, 3.8) is 0 Å². The second-order valence-corrected chi connectivity index (χ2v) is 8.67. The van der Waals surface area contributed by atoms with Gasteiger partial charge in [0.15, 0.2) is 0 Å². The summed E-state index contributed by atoms with van der Waals surface area (Å²) in [6.45, 7) is 6.52. The Morgan fingerprint density at radius 3 is 2.39 bits per heavy atom. The number of carboxylic acids is 1. The number of carbonyl (C=O) groups excluding carboxylic acids is 1. The van der Waals surface area contributed by atoms with Crippen LogP contribution in [0.5, 0.6) is 0 Å². The van der Waals surface area contributed by atoms with E-state index in [1.165, 1.54) is 0 Å². The third-order valence-electron chi connectivity index (χ3n) is 5.63. The van der Waals surface area contributed by atoms with Crippen LogP contribution in [0.4, 0.5) is 0 Å². The molecule has 0 aliphatic carbocycles. The smallest absolute Gasteiger partial charge is 0.353 e. The predicted octanol–water partition coefficient (Wildman–Crippen LogP) is 4.88. The number of carbonyl (C=O) groups is 2. The molecule has 0 spiro atoms. The monoisotopic (exact) mass is 449 g/mol. The highest BCUT2D eigenvalue weighted by molar-refractivity contribution is 5.96. The van der Waals surface area contributed by atoms with E-state index in [2.05, 4.69) is 18.9 Å². The standard InChI is InChI=1S/C26H31N3O4/c1-4-5-10-24(30)29-26(33)28(23(27-29)16-11-18(2)3)17-19-12-14-20(15-13-19)21-8-6-7-9-22(21)25(31)32/h6-9,12-15,18H,4-5,10-11,16-17H2,1-3H3,(H,31,32). The van der Waals surface area contributed by atoms with E-state index in [-0.39, 0.29) is 11.5 Å². The number of aromatic carboxylic acids is 1. The fraction of sp³-hybridized carbons (Fsp3) is 0.385. The van der Waals surface area contributed by atoms with Gasteiger partial charge in [0.25, 0.3) is 5.91 Å². The molecule has 1 aromatic heterocycles. The van der Waals surface area contributed by atoms with E-state index >= 15 is 0 Å². The van der Waals surface area contributed by atoms with Gasteiger partial charge in [-0.05, 0) is 41.5 Å². The fourth-order valence-corrected chi connectivity index (χ4v) is 3.69. The molecule has 0 amide bonds. The molecule has 7 heteroatoms. The van der Waals surface area contributed by atoms with Crippen LogP contribution in [0.1, 0.15) is 73.0 Å². The summed E-state index contributed by atoms with van der Waals surface area (Å²) in [6, 6.07) is 14.3. The number of unbranched alkanes of at least 4 members (excludes halogenated alkanes) is 1. The van der Waals surface area contributed by atoms with Gasteiger partial charge in [-0.25, -0.2) is 9.59 Å². The summed E-state index contributed by atoms with van der Waals surface area (Å²) in [6.07, 6.45) is 3.38. The van der Waals surface area contributed by atoms with E-state index in [0.717, 1.165) is 35.1 Å². The van der Waals surface area contributed by atoms with Gasteiger partial charge in [0.2, 0.25) is 0 Å². The zero-order valence-electron chi connectivity index (χ0n) is 19.5. The van der Waals surface area contributed by atoms with Crippen molar-refractivity contribution in [2.75, 3.05) is 0 Å². The molecular weight excluding hydrogens is 418 g/mol. The van der Waals surface area contributed by atoms with Crippen LogP contribution < -0.4 is 5.69 Å². The van der Waals surface area contributed by atoms with Crippen molar-refractivity contribution in [1.82, 2.24) is 14.3 Å². The SMILES string of the molecule is CCCCC(=O)n1nc(CCC(C)C)n(Cc2ccc(-c3ccccc3C(=O)O)cc2)c1=O. The van der Waals surface area contributed by atoms with Crippen LogP contribution in [0.3, 0.4) is 0 Å². The lowest BCUT2D eigenvalue weighted by Crippen LogP contribution is -2.30. The molecule has 0 aliphatic rings. The molecule has 2 aromatic carbocycles. The second-order valence-electron chi connectivity index (χ2n) is 8.67. The fourth-order valence-electron chi connectivity index (χ4n) is 3.69. The van der Waals surface area contributed by atoms with Crippen LogP contribution in [0.25, 0.3) is 11.1 Å². The normalized spacial score (nSPS) is 11.2. The average molecular weight is 450 g/mol. The Bertz CT molecular complexity index is 1170. The summed E-state index contributed by atoms with van der Waals surface area (Å²) in [5, 5.41) is 13.8. The number of benzene rings is 2. The predicted molar refractivity (Wildman–Crippen MR) is 128 cm³/mol. The zero-order valence-corrected chi connectivity index (χ0v) is 19.5. The molecule has 0 fully saturated rings. The maximum atomic E-state index is 13.0. The molecule has 0 atom stereocenters. The van der Waals surface area contributed by atoms with Crippen molar-refractivity contribution >= 4 is 11.9 Å². The van der Waals surface area contributed by atoms with Gasteiger partial charge in [0.05, 0.1) is 12.1 Å². The Labute approximate surface area is 193 Å². The van der Waals surface area contributed by atoms with E-state index < -0.39 is 11.7 Å². The van der Waals surface area contributed by atoms with Gasteiger partial charge in [0.1, 0.15) is 5.82 Å². The van der Waals surface area contributed by atoms with Gasteiger partial charge < -0.3 is 5.11 Å². The van der Waals surface area contributed by atoms with Crippen molar-refractivity contribution in [1.29, 1.82) is 0 Å². The van der Waals surface area contributed by atoms with E-state index in [4.69, 9.17) is 0 Å². The van der Waals surface area contributed by atoms with Crippen LogP contribution in [0, 0.1) is 5.92 Å². The average Bonchev–Trinajstić information content (AvgIpc) is 3.11. The molecule has 33 heavy (non-hydrogen) atoms. The molecule has 0 bridgehead atoms. The maximum Gasteiger partial charge on any atom is 0.353 e. The number of hydrogen-bond acceptors (Lipinski definition) is 4. The number of aromatic nitrogens is 3. The minimum absolute atomic E-state index is 0.240. The first kappa shape index (κ1) is 24.2. The molecular formula is C26H31N3O4. The van der Waals surface area contributed by atoms with Crippen LogP contribution in [0.2, 0.25) is 0 Å². The summed E-state index contributed by atoms with van der Waals surface area (Å²) in [4.78, 5) is 37.1. The minimum Gasteiger partial charge on any atom is -0.478 e. The van der Waals surface area contributed by atoms with Gasteiger partial charge in [0, 0.05) is 12.8 Å². The number of nitrogens with zero attached hydrogens (tertiary/aromatic N) is 3. The molecule has 174 valence electrons. The molecule has 0 saturated heterocycles. The Hall–Kier alpha value is -3.48. The van der Waals surface area contributed by atoms with Crippen LogP contribution in [-0.2, 0) is 13.0 Å².